The van der Waals surface area contributed by atoms with Crippen molar-refractivity contribution in [3.05, 3.63) is 0 Å². The summed E-state index contributed by atoms with van der Waals surface area (Å²) in [5.41, 5.74) is 0. The van der Waals surface area contributed by atoms with E-state index in [9.17, 15) is 4.79 Å². The molecule has 1 amide bonds. The molecule has 1 N–H and O–H groups in total. The van der Waals surface area contributed by atoms with Gasteiger partial charge in [0.05, 0.1) is 64.8 Å². The lowest BCUT2D eigenvalue weighted by atomic mass is 10.2. The Labute approximate surface area is 174 Å². The van der Waals surface area contributed by atoms with Crippen molar-refractivity contribution in [3.63, 3.8) is 0 Å². The molecule has 7 nitrogen and oxygen atoms in total. The van der Waals surface area contributed by atoms with E-state index in [0.29, 0.717) is 71.3 Å². The minimum atomic E-state index is -1.68. The summed E-state index contributed by atoms with van der Waals surface area (Å²) >= 11 is 3.08. The highest BCUT2D eigenvalue weighted by Gasteiger charge is 2.36. The molecule has 0 aliphatic rings. The van der Waals surface area contributed by atoms with Crippen molar-refractivity contribution in [3.8, 4) is 0 Å². The van der Waals surface area contributed by atoms with Gasteiger partial charge in [-0.2, -0.15) is 0 Å². The maximum atomic E-state index is 11.0. The molecule has 27 heavy (non-hydrogen) atoms. The maximum absolute atomic E-state index is 11.0. The first-order valence-electron chi connectivity index (χ1n) is 9.48. The molecular weight excluding hydrogens is 434 g/mol. The average molecular weight is 472 g/mol. The van der Waals surface area contributed by atoms with Gasteiger partial charge < -0.3 is 28.7 Å². The van der Waals surface area contributed by atoms with E-state index in [-0.39, 0.29) is 10.9 Å². The summed E-state index contributed by atoms with van der Waals surface area (Å²) in [7, 11) is -1.68. The fourth-order valence-electron chi connectivity index (χ4n) is 1.64. The lowest BCUT2D eigenvalue weighted by Crippen LogP contribution is -2.41. The van der Waals surface area contributed by atoms with Crippen molar-refractivity contribution in [2.75, 3.05) is 71.3 Å². The van der Waals surface area contributed by atoms with E-state index in [1.165, 1.54) is 0 Å². The number of amides is 1. The predicted octanol–water partition coefficient (Wildman–Crippen LogP) is 2.59. The van der Waals surface area contributed by atoms with Gasteiger partial charge >= 0.3 is 0 Å². The summed E-state index contributed by atoms with van der Waals surface area (Å²) < 4.78 is 27.7. The first-order valence-corrected chi connectivity index (χ1v) is 13.5. The Morgan fingerprint density at radius 2 is 1.22 bits per heavy atom. The maximum Gasteiger partial charge on any atom is 0.230 e. The Morgan fingerprint density at radius 1 is 0.815 bits per heavy atom. The molecule has 0 aromatic heterocycles. The zero-order valence-corrected chi connectivity index (χ0v) is 20.2. The van der Waals surface area contributed by atoms with E-state index in [2.05, 4.69) is 55.1 Å². The van der Waals surface area contributed by atoms with Crippen LogP contribution in [0.25, 0.3) is 0 Å². The Bertz CT molecular complexity index is 379. The smallest absolute Gasteiger partial charge is 0.230 e. The van der Waals surface area contributed by atoms with Gasteiger partial charge in [0.25, 0.3) is 0 Å². The summed E-state index contributed by atoms with van der Waals surface area (Å²) in [6.45, 7) is 16.6. The Balaban J connectivity index is 3.25. The highest BCUT2D eigenvalue weighted by Crippen LogP contribution is 2.36. The number of carbonyl (C=O) groups is 1. The van der Waals surface area contributed by atoms with E-state index >= 15 is 0 Å². The molecule has 0 unspecified atom stereocenters. The number of alkyl halides is 1. The molecule has 0 fully saturated rings. The van der Waals surface area contributed by atoms with E-state index in [1.54, 1.807) is 0 Å². The van der Waals surface area contributed by atoms with Gasteiger partial charge in [-0.15, -0.1) is 0 Å². The summed E-state index contributed by atoms with van der Waals surface area (Å²) in [5.74, 6) is -0.0425. The Kier molecular flexibility index (Phi) is 15.8. The Hall–Kier alpha value is -0.0331. The number of carbonyl (C=O) groups excluding carboxylic acids is 1. The molecule has 0 atom stereocenters. The molecule has 0 bridgehead atoms. The lowest BCUT2D eigenvalue weighted by Gasteiger charge is -2.36. The molecule has 0 saturated heterocycles. The monoisotopic (exact) mass is 471 g/mol. The van der Waals surface area contributed by atoms with Crippen LogP contribution in [0.2, 0.25) is 18.1 Å². The number of hydrogen-bond donors (Lipinski definition) is 1. The van der Waals surface area contributed by atoms with Crippen molar-refractivity contribution in [1.29, 1.82) is 0 Å². The molecule has 0 radical (unpaired) electrons. The summed E-state index contributed by atoms with van der Waals surface area (Å²) in [4.78, 5) is 11.0. The number of rotatable bonds is 17. The fraction of sp³-hybridized carbons (Fsp3) is 0.944. The van der Waals surface area contributed by atoms with Gasteiger partial charge in [0.1, 0.15) is 0 Å². The molecule has 0 aromatic rings. The van der Waals surface area contributed by atoms with Crippen molar-refractivity contribution in [2.45, 2.75) is 38.9 Å². The van der Waals surface area contributed by atoms with E-state index in [1.807, 2.05) is 0 Å². The van der Waals surface area contributed by atoms with Crippen molar-refractivity contribution in [1.82, 2.24) is 5.32 Å². The minimum absolute atomic E-state index is 0.0425. The SMILES string of the molecule is CC(C)(C)[Si](C)(C)OCCOCCOCCOCCOCCNC(=O)CBr. The van der Waals surface area contributed by atoms with Crippen LogP contribution in [-0.4, -0.2) is 85.6 Å². The van der Waals surface area contributed by atoms with Gasteiger partial charge in [0.2, 0.25) is 5.91 Å². The van der Waals surface area contributed by atoms with Crippen LogP contribution >= 0.6 is 15.9 Å². The highest BCUT2D eigenvalue weighted by molar-refractivity contribution is 9.09. The van der Waals surface area contributed by atoms with Gasteiger partial charge in [-0.1, -0.05) is 36.7 Å². The van der Waals surface area contributed by atoms with Gasteiger partial charge in [-0.3, -0.25) is 4.79 Å². The number of nitrogens with one attached hydrogen (secondary N) is 1. The molecule has 0 aliphatic heterocycles. The van der Waals surface area contributed by atoms with E-state index < -0.39 is 8.32 Å². The number of hydrogen-bond acceptors (Lipinski definition) is 6. The molecule has 0 rings (SSSR count). The lowest BCUT2D eigenvalue weighted by molar-refractivity contribution is -0.118. The first kappa shape index (κ1) is 27.0. The van der Waals surface area contributed by atoms with Crippen LogP contribution in [0.4, 0.5) is 0 Å². The Morgan fingerprint density at radius 3 is 1.63 bits per heavy atom. The van der Waals surface area contributed by atoms with E-state index in [0.717, 1.165) is 0 Å². The van der Waals surface area contributed by atoms with Crippen LogP contribution in [0.15, 0.2) is 0 Å². The first-order chi connectivity index (χ1) is 12.7. The van der Waals surface area contributed by atoms with Gasteiger partial charge in [0.15, 0.2) is 8.32 Å². The zero-order chi connectivity index (χ0) is 20.6. The van der Waals surface area contributed by atoms with Crippen LogP contribution in [0.1, 0.15) is 20.8 Å². The van der Waals surface area contributed by atoms with Crippen LogP contribution < -0.4 is 5.32 Å². The van der Waals surface area contributed by atoms with Crippen LogP contribution in [0, 0.1) is 0 Å². The molecule has 0 aliphatic carbocycles. The summed E-state index contributed by atoms with van der Waals surface area (Å²) in [5, 5.41) is 3.24. The summed E-state index contributed by atoms with van der Waals surface area (Å²) in [6, 6.07) is 0. The molecule has 9 heteroatoms. The third-order valence-corrected chi connectivity index (χ3v) is 9.35. The van der Waals surface area contributed by atoms with Crippen molar-refractivity contribution >= 4 is 30.2 Å². The second kappa shape index (κ2) is 15.8. The zero-order valence-electron chi connectivity index (χ0n) is 17.6. The van der Waals surface area contributed by atoms with Crippen molar-refractivity contribution in [2.24, 2.45) is 0 Å². The second-order valence-corrected chi connectivity index (χ2v) is 12.9. The van der Waals surface area contributed by atoms with Crippen molar-refractivity contribution < 1.29 is 28.2 Å². The van der Waals surface area contributed by atoms with Crippen LogP contribution in [-0.2, 0) is 28.2 Å². The third-order valence-electron chi connectivity index (χ3n) is 4.30. The van der Waals surface area contributed by atoms with E-state index in [4.69, 9.17) is 23.4 Å². The minimum Gasteiger partial charge on any atom is -0.414 e. The number of halogens is 1. The highest BCUT2D eigenvalue weighted by atomic mass is 79.9. The molecule has 162 valence electrons. The van der Waals surface area contributed by atoms with Gasteiger partial charge in [-0.05, 0) is 18.1 Å². The fourth-order valence-corrected chi connectivity index (χ4v) is 2.87. The van der Waals surface area contributed by atoms with Gasteiger partial charge in [0, 0.05) is 6.54 Å². The molecule has 0 spiro atoms. The molecule has 0 heterocycles. The summed E-state index contributed by atoms with van der Waals surface area (Å²) in [6.07, 6.45) is 0. The molecule has 0 aromatic carbocycles. The molecular formula is C18H38BrNO6Si. The second-order valence-electron chi connectivity index (χ2n) is 7.54. The average Bonchev–Trinajstić information content (AvgIpc) is 2.60. The van der Waals surface area contributed by atoms with Crippen LogP contribution in [0.5, 0.6) is 0 Å². The number of ether oxygens (including phenoxy) is 4. The van der Waals surface area contributed by atoms with Gasteiger partial charge in [-0.25, -0.2) is 0 Å². The standard InChI is InChI=1S/C18H38BrNO6Si/c1-18(2,3)27(4,5)26-15-14-25-13-12-24-11-10-23-9-8-22-7-6-20-17(21)16-19/h6-16H2,1-5H3,(H,20,21). The predicted molar refractivity (Wildman–Crippen MR) is 113 cm³/mol. The topological polar surface area (TPSA) is 75.2 Å². The quantitative estimate of drug-likeness (QED) is 0.199. The van der Waals surface area contributed by atoms with Crippen LogP contribution in [0.3, 0.4) is 0 Å². The normalized spacial score (nSPS) is 12.4. The largest absolute Gasteiger partial charge is 0.414 e. The molecule has 0 saturated carbocycles. The third kappa shape index (κ3) is 15.6.